The highest BCUT2D eigenvalue weighted by Crippen LogP contribution is 2.41. The first-order valence-electron chi connectivity index (χ1n) is 7.11. The van der Waals surface area contributed by atoms with Crippen molar-refractivity contribution in [2.45, 2.75) is 30.3 Å². The lowest BCUT2D eigenvalue weighted by Crippen LogP contribution is -2.03. The summed E-state index contributed by atoms with van der Waals surface area (Å²) in [4.78, 5) is 9.50. The van der Waals surface area contributed by atoms with Crippen molar-refractivity contribution in [3.05, 3.63) is 41.1 Å². The van der Waals surface area contributed by atoms with Crippen LogP contribution in [0.3, 0.4) is 0 Å². The van der Waals surface area contributed by atoms with E-state index in [2.05, 4.69) is 29.6 Å². The average Bonchev–Trinajstić information content (AvgIpc) is 3.24. The van der Waals surface area contributed by atoms with Gasteiger partial charge in [0.2, 0.25) is 0 Å². The molecule has 1 aliphatic heterocycles. The molecule has 2 aliphatic rings. The van der Waals surface area contributed by atoms with E-state index in [4.69, 9.17) is 9.97 Å². The van der Waals surface area contributed by atoms with Gasteiger partial charge < -0.3 is 5.32 Å². The number of nitrogens with one attached hydrogen (secondary N) is 1. The van der Waals surface area contributed by atoms with E-state index in [-0.39, 0.29) is 0 Å². The maximum Gasteiger partial charge on any atom is 0.161 e. The molecule has 0 amide bonds. The summed E-state index contributed by atoms with van der Waals surface area (Å²) in [6.45, 7) is 0. The van der Waals surface area contributed by atoms with Gasteiger partial charge in [0.15, 0.2) is 5.82 Å². The average molecular weight is 283 g/mol. The van der Waals surface area contributed by atoms with E-state index in [1.807, 2.05) is 18.8 Å². The van der Waals surface area contributed by atoms with Crippen LogP contribution in [0, 0.1) is 0 Å². The zero-order chi connectivity index (χ0) is 13.5. The van der Waals surface area contributed by atoms with Gasteiger partial charge in [-0.15, -0.1) is 0 Å². The lowest BCUT2D eigenvalue weighted by Gasteiger charge is -2.10. The normalized spacial score (nSPS) is 17.1. The molecule has 0 radical (unpaired) electrons. The molecule has 1 aliphatic carbocycles. The summed E-state index contributed by atoms with van der Waals surface area (Å²) in [5.41, 5.74) is 5.05. The fraction of sp³-hybridized carbons (Fsp3) is 0.375. The molecule has 0 unspecified atom stereocenters. The Hall–Kier alpha value is -1.55. The first-order chi connectivity index (χ1) is 9.85. The van der Waals surface area contributed by atoms with E-state index in [1.165, 1.54) is 29.7 Å². The van der Waals surface area contributed by atoms with Crippen LogP contribution in [0.2, 0.25) is 0 Å². The van der Waals surface area contributed by atoms with Gasteiger partial charge in [0.1, 0.15) is 5.82 Å². The van der Waals surface area contributed by atoms with Crippen LogP contribution in [0.15, 0.2) is 24.3 Å². The molecule has 0 saturated heterocycles. The zero-order valence-electron chi connectivity index (χ0n) is 11.5. The second kappa shape index (κ2) is 4.77. The second-order valence-electron chi connectivity index (χ2n) is 5.46. The number of benzene rings is 1. The SMILES string of the molecule is CNc1nc(-c2cccc(C3CC3)c2)nc2c1CSC2. The molecule has 102 valence electrons. The van der Waals surface area contributed by atoms with Crippen LogP contribution in [0.5, 0.6) is 0 Å². The number of hydrogen-bond acceptors (Lipinski definition) is 4. The molecule has 1 aromatic heterocycles. The fourth-order valence-electron chi connectivity index (χ4n) is 2.74. The van der Waals surface area contributed by atoms with Crippen molar-refractivity contribution in [3.63, 3.8) is 0 Å². The van der Waals surface area contributed by atoms with Gasteiger partial charge in [-0.2, -0.15) is 11.8 Å². The van der Waals surface area contributed by atoms with E-state index in [0.717, 1.165) is 34.6 Å². The summed E-state index contributed by atoms with van der Waals surface area (Å²) in [6.07, 6.45) is 2.65. The molecular formula is C16H17N3S. The van der Waals surface area contributed by atoms with Gasteiger partial charge >= 0.3 is 0 Å². The summed E-state index contributed by atoms with van der Waals surface area (Å²) in [5, 5.41) is 3.22. The number of rotatable bonds is 3. The van der Waals surface area contributed by atoms with Crippen LogP contribution < -0.4 is 5.32 Å². The minimum atomic E-state index is 0.767. The highest BCUT2D eigenvalue weighted by Gasteiger charge is 2.24. The van der Waals surface area contributed by atoms with Crippen molar-refractivity contribution in [1.29, 1.82) is 0 Å². The molecule has 2 heterocycles. The molecule has 0 bridgehead atoms. The van der Waals surface area contributed by atoms with Crippen molar-refractivity contribution >= 4 is 17.6 Å². The predicted molar refractivity (Wildman–Crippen MR) is 84.0 cm³/mol. The molecule has 1 N–H and O–H groups in total. The van der Waals surface area contributed by atoms with Crippen LogP contribution in [0.1, 0.15) is 35.6 Å². The van der Waals surface area contributed by atoms with E-state index in [9.17, 15) is 0 Å². The molecule has 4 heteroatoms. The van der Waals surface area contributed by atoms with Gasteiger partial charge in [-0.1, -0.05) is 18.2 Å². The highest BCUT2D eigenvalue weighted by molar-refractivity contribution is 7.98. The van der Waals surface area contributed by atoms with Crippen molar-refractivity contribution in [2.75, 3.05) is 12.4 Å². The van der Waals surface area contributed by atoms with E-state index in [0.29, 0.717) is 0 Å². The molecule has 0 atom stereocenters. The highest BCUT2D eigenvalue weighted by atomic mass is 32.2. The Labute approximate surface area is 123 Å². The van der Waals surface area contributed by atoms with Gasteiger partial charge in [0, 0.05) is 29.7 Å². The number of thioether (sulfide) groups is 1. The maximum absolute atomic E-state index is 4.78. The number of anilines is 1. The van der Waals surface area contributed by atoms with Crippen molar-refractivity contribution in [3.8, 4) is 11.4 Å². The lowest BCUT2D eigenvalue weighted by molar-refractivity contribution is 1.07. The molecule has 4 rings (SSSR count). The summed E-state index contributed by atoms with van der Waals surface area (Å²) in [6, 6.07) is 8.74. The zero-order valence-corrected chi connectivity index (χ0v) is 12.3. The summed E-state index contributed by atoms with van der Waals surface area (Å²) in [5.74, 6) is 4.64. The second-order valence-corrected chi connectivity index (χ2v) is 6.45. The van der Waals surface area contributed by atoms with Gasteiger partial charge in [-0.25, -0.2) is 9.97 Å². The molecule has 2 aromatic rings. The number of fused-ring (bicyclic) bond motifs is 1. The minimum Gasteiger partial charge on any atom is -0.373 e. The molecule has 1 aromatic carbocycles. The third kappa shape index (κ3) is 2.08. The summed E-state index contributed by atoms with van der Waals surface area (Å²) < 4.78 is 0. The topological polar surface area (TPSA) is 37.8 Å². The molecule has 20 heavy (non-hydrogen) atoms. The first kappa shape index (κ1) is 12.2. The molecule has 1 fully saturated rings. The quantitative estimate of drug-likeness (QED) is 0.929. The number of nitrogens with zero attached hydrogens (tertiary/aromatic N) is 2. The Bertz CT molecular complexity index is 665. The monoisotopic (exact) mass is 283 g/mol. The summed E-state index contributed by atoms with van der Waals surface area (Å²) in [7, 11) is 1.94. The van der Waals surface area contributed by atoms with E-state index in [1.54, 1.807) is 0 Å². The Morgan fingerprint density at radius 2 is 2.10 bits per heavy atom. The van der Waals surface area contributed by atoms with Gasteiger partial charge in [-0.05, 0) is 30.4 Å². The molecule has 0 spiro atoms. The van der Waals surface area contributed by atoms with Gasteiger partial charge in [-0.3, -0.25) is 0 Å². The van der Waals surface area contributed by atoms with Crippen molar-refractivity contribution in [1.82, 2.24) is 9.97 Å². The minimum absolute atomic E-state index is 0.767. The van der Waals surface area contributed by atoms with Crippen molar-refractivity contribution < 1.29 is 0 Å². The predicted octanol–water partition coefficient (Wildman–Crippen LogP) is 3.81. The fourth-order valence-corrected chi connectivity index (χ4v) is 3.78. The Balaban J connectivity index is 1.80. The Morgan fingerprint density at radius 1 is 1.20 bits per heavy atom. The Kier molecular flexibility index (Phi) is 2.91. The lowest BCUT2D eigenvalue weighted by atomic mass is 10.1. The maximum atomic E-state index is 4.78. The van der Waals surface area contributed by atoms with Crippen LogP contribution in [0.25, 0.3) is 11.4 Å². The molecule has 1 saturated carbocycles. The van der Waals surface area contributed by atoms with Crippen LogP contribution in [0.4, 0.5) is 5.82 Å². The smallest absolute Gasteiger partial charge is 0.161 e. The van der Waals surface area contributed by atoms with E-state index >= 15 is 0 Å². The van der Waals surface area contributed by atoms with Crippen LogP contribution >= 0.6 is 11.8 Å². The van der Waals surface area contributed by atoms with Crippen molar-refractivity contribution in [2.24, 2.45) is 0 Å². The van der Waals surface area contributed by atoms with E-state index < -0.39 is 0 Å². The third-order valence-corrected chi connectivity index (χ3v) is 4.98. The summed E-state index contributed by atoms with van der Waals surface area (Å²) >= 11 is 1.91. The van der Waals surface area contributed by atoms with Gasteiger partial charge in [0.05, 0.1) is 5.69 Å². The Morgan fingerprint density at radius 3 is 2.90 bits per heavy atom. The van der Waals surface area contributed by atoms with Gasteiger partial charge in [0.25, 0.3) is 0 Å². The number of aromatic nitrogens is 2. The standard InChI is InChI=1S/C16H17N3S/c1-17-16-13-8-20-9-14(13)18-15(19-16)12-4-2-3-11(7-12)10-5-6-10/h2-4,7,10H,5-6,8-9H2,1H3,(H,17,18,19). The largest absolute Gasteiger partial charge is 0.373 e. The first-order valence-corrected chi connectivity index (χ1v) is 8.26. The third-order valence-electron chi connectivity index (χ3n) is 4.01. The van der Waals surface area contributed by atoms with Crippen LogP contribution in [-0.2, 0) is 11.5 Å². The molecular weight excluding hydrogens is 266 g/mol. The molecule has 3 nitrogen and oxygen atoms in total. The number of hydrogen-bond donors (Lipinski definition) is 1. The van der Waals surface area contributed by atoms with Crippen LogP contribution in [-0.4, -0.2) is 17.0 Å².